The van der Waals surface area contributed by atoms with Crippen LogP contribution in [0.1, 0.15) is 24.1 Å². The molecule has 0 saturated carbocycles. The number of rotatable bonds is 5. The van der Waals surface area contributed by atoms with Crippen molar-refractivity contribution < 1.29 is 13.9 Å². The standard InChI is InChI=1S/C16H18FNO2/c1-11(18)16-14(17)4-3-5-15(16)20-10-12-6-8-13(19-2)9-7-12/h3-9,11H,10,18H2,1-2H3/t11-/m0/s1. The summed E-state index contributed by atoms with van der Waals surface area (Å²) in [6.07, 6.45) is 0. The molecule has 0 spiro atoms. The average Bonchev–Trinajstić information content (AvgIpc) is 2.45. The normalized spacial score (nSPS) is 12.0. The van der Waals surface area contributed by atoms with Crippen molar-refractivity contribution >= 4 is 0 Å². The monoisotopic (exact) mass is 275 g/mol. The zero-order chi connectivity index (χ0) is 14.5. The molecule has 0 aromatic heterocycles. The van der Waals surface area contributed by atoms with Gasteiger partial charge in [-0.25, -0.2) is 4.39 Å². The maximum Gasteiger partial charge on any atom is 0.131 e. The van der Waals surface area contributed by atoms with E-state index in [4.69, 9.17) is 15.2 Å². The molecular weight excluding hydrogens is 257 g/mol. The van der Waals surface area contributed by atoms with Gasteiger partial charge in [0.25, 0.3) is 0 Å². The minimum absolute atomic E-state index is 0.341. The Balaban J connectivity index is 2.12. The van der Waals surface area contributed by atoms with Gasteiger partial charge in [0.05, 0.1) is 7.11 Å². The Morgan fingerprint density at radius 2 is 1.85 bits per heavy atom. The molecule has 2 N–H and O–H groups in total. The molecule has 0 fully saturated rings. The van der Waals surface area contributed by atoms with Crippen molar-refractivity contribution in [3.05, 3.63) is 59.4 Å². The molecule has 2 aromatic rings. The van der Waals surface area contributed by atoms with E-state index in [9.17, 15) is 4.39 Å². The molecule has 0 unspecified atom stereocenters. The van der Waals surface area contributed by atoms with Crippen molar-refractivity contribution in [3.8, 4) is 11.5 Å². The third-order valence-electron chi connectivity index (χ3n) is 3.02. The van der Waals surface area contributed by atoms with Crippen LogP contribution in [-0.2, 0) is 6.61 Å². The van der Waals surface area contributed by atoms with Gasteiger partial charge in [-0.3, -0.25) is 0 Å². The van der Waals surface area contributed by atoms with E-state index < -0.39 is 6.04 Å². The predicted molar refractivity (Wildman–Crippen MR) is 76.3 cm³/mol. The third-order valence-corrected chi connectivity index (χ3v) is 3.02. The van der Waals surface area contributed by atoms with Crippen LogP contribution in [0.4, 0.5) is 4.39 Å². The first kappa shape index (κ1) is 14.3. The van der Waals surface area contributed by atoms with Crippen LogP contribution in [0.15, 0.2) is 42.5 Å². The van der Waals surface area contributed by atoms with Gasteiger partial charge < -0.3 is 15.2 Å². The molecule has 2 aromatic carbocycles. The zero-order valence-electron chi connectivity index (χ0n) is 11.6. The second kappa shape index (κ2) is 6.39. The molecule has 2 rings (SSSR count). The molecule has 0 radical (unpaired) electrons. The Kier molecular flexibility index (Phi) is 4.58. The Morgan fingerprint density at radius 1 is 1.15 bits per heavy atom. The fourth-order valence-electron chi connectivity index (χ4n) is 1.97. The summed E-state index contributed by atoms with van der Waals surface area (Å²) in [7, 11) is 1.62. The number of ether oxygens (including phenoxy) is 2. The summed E-state index contributed by atoms with van der Waals surface area (Å²) in [6.45, 7) is 2.09. The number of nitrogens with two attached hydrogens (primary N) is 1. The van der Waals surface area contributed by atoms with Crippen LogP contribution in [0.3, 0.4) is 0 Å². The molecule has 0 aliphatic carbocycles. The van der Waals surface area contributed by atoms with Crippen LogP contribution in [0.5, 0.6) is 11.5 Å². The molecule has 0 aliphatic rings. The lowest BCUT2D eigenvalue weighted by molar-refractivity contribution is 0.298. The largest absolute Gasteiger partial charge is 0.497 e. The molecule has 0 aliphatic heterocycles. The second-order valence-corrected chi connectivity index (χ2v) is 4.58. The second-order valence-electron chi connectivity index (χ2n) is 4.58. The molecule has 106 valence electrons. The first-order valence-corrected chi connectivity index (χ1v) is 6.41. The van der Waals surface area contributed by atoms with Crippen molar-refractivity contribution in [1.82, 2.24) is 0 Å². The topological polar surface area (TPSA) is 44.5 Å². The summed E-state index contributed by atoms with van der Waals surface area (Å²) >= 11 is 0. The molecule has 1 atom stereocenters. The Labute approximate surface area is 118 Å². The number of hydrogen-bond donors (Lipinski definition) is 1. The van der Waals surface area contributed by atoms with Crippen LogP contribution in [0.2, 0.25) is 0 Å². The summed E-state index contributed by atoms with van der Waals surface area (Å²) < 4.78 is 24.5. The van der Waals surface area contributed by atoms with E-state index in [-0.39, 0.29) is 5.82 Å². The SMILES string of the molecule is COc1ccc(COc2cccc(F)c2[C@H](C)N)cc1. The highest BCUT2D eigenvalue weighted by Gasteiger charge is 2.13. The summed E-state index contributed by atoms with van der Waals surface area (Å²) in [6, 6.07) is 11.8. The minimum atomic E-state index is -0.415. The Morgan fingerprint density at radius 3 is 2.45 bits per heavy atom. The van der Waals surface area contributed by atoms with E-state index in [1.807, 2.05) is 24.3 Å². The van der Waals surface area contributed by atoms with E-state index in [1.54, 1.807) is 26.2 Å². The first-order valence-electron chi connectivity index (χ1n) is 6.41. The highest BCUT2D eigenvalue weighted by molar-refractivity contribution is 5.37. The smallest absolute Gasteiger partial charge is 0.131 e. The average molecular weight is 275 g/mol. The van der Waals surface area contributed by atoms with Gasteiger partial charge in [-0.1, -0.05) is 18.2 Å². The fourth-order valence-corrected chi connectivity index (χ4v) is 1.97. The van der Waals surface area contributed by atoms with E-state index in [2.05, 4.69) is 0 Å². The molecule has 0 amide bonds. The zero-order valence-corrected chi connectivity index (χ0v) is 11.6. The van der Waals surface area contributed by atoms with E-state index in [0.29, 0.717) is 17.9 Å². The van der Waals surface area contributed by atoms with Gasteiger partial charge in [-0.05, 0) is 36.8 Å². The summed E-state index contributed by atoms with van der Waals surface area (Å²) in [4.78, 5) is 0. The van der Waals surface area contributed by atoms with Crippen molar-refractivity contribution in [3.63, 3.8) is 0 Å². The van der Waals surface area contributed by atoms with Crippen molar-refractivity contribution in [1.29, 1.82) is 0 Å². The molecular formula is C16H18FNO2. The lowest BCUT2D eigenvalue weighted by Gasteiger charge is -2.15. The molecule has 3 nitrogen and oxygen atoms in total. The first-order chi connectivity index (χ1) is 9.61. The molecule has 4 heteroatoms. The lowest BCUT2D eigenvalue weighted by Crippen LogP contribution is -2.10. The van der Waals surface area contributed by atoms with Gasteiger partial charge in [0.15, 0.2) is 0 Å². The van der Waals surface area contributed by atoms with E-state index >= 15 is 0 Å². The highest BCUT2D eigenvalue weighted by atomic mass is 19.1. The van der Waals surface area contributed by atoms with Gasteiger partial charge >= 0.3 is 0 Å². The number of benzene rings is 2. The van der Waals surface area contributed by atoms with Crippen molar-refractivity contribution in [2.24, 2.45) is 5.73 Å². The highest BCUT2D eigenvalue weighted by Crippen LogP contribution is 2.27. The summed E-state index contributed by atoms with van der Waals surface area (Å²) in [5.41, 5.74) is 7.17. The number of halogens is 1. The Hall–Kier alpha value is -2.07. The fraction of sp³-hybridized carbons (Fsp3) is 0.250. The summed E-state index contributed by atoms with van der Waals surface area (Å²) in [5, 5.41) is 0. The van der Waals surface area contributed by atoms with E-state index in [1.165, 1.54) is 6.07 Å². The molecule has 0 bridgehead atoms. The third kappa shape index (κ3) is 3.27. The quantitative estimate of drug-likeness (QED) is 0.909. The maximum atomic E-state index is 13.7. The van der Waals surface area contributed by atoms with Crippen LogP contribution in [0.25, 0.3) is 0 Å². The van der Waals surface area contributed by atoms with Crippen LogP contribution < -0.4 is 15.2 Å². The Bertz CT molecular complexity index is 567. The van der Waals surface area contributed by atoms with Gasteiger partial charge in [0, 0.05) is 11.6 Å². The summed E-state index contributed by atoms with van der Waals surface area (Å²) in [5.74, 6) is 0.929. The lowest BCUT2D eigenvalue weighted by atomic mass is 10.1. The predicted octanol–water partition coefficient (Wildman–Crippen LogP) is 3.43. The van der Waals surface area contributed by atoms with E-state index in [0.717, 1.165) is 11.3 Å². The van der Waals surface area contributed by atoms with Crippen LogP contribution >= 0.6 is 0 Å². The number of methoxy groups -OCH3 is 1. The van der Waals surface area contributed by atoms with Gasteiger partial charge in [0.1, 0.15) is 23.9 Å². The van der Waals surface area contributed by atoms with Gasteiger partial charge in [0.2, 0.25) is 0 Å². The van der Waals surface area contributed by atoms with Gasteiger partial charge in [-0.15, -0.1) is 0 Å². The van der Waals surface area contributed by atoms with Crippen molar-refractivity contribution in [2.75, 3.05) is 7.11 Å². The van der Waals surface area contributed by atoms with Gasteiger partial charge in [-0.2, -0.15) is 0 Å². The maximum absolute atomic E-state index is 13.7. The van der Waals surface area contributed by atoms with Crippen LogP contribution in [-0.4, -0.2) is 7.11 Å². The molecule has 20 heavy (non-hydrogen) atoms. The molecule has 0 saturated heterocycles. The van der Waals surface area contributed by atoms with Crippen LogP contribution in [0, 0.1) is 5.82 Å². The minimum Gasteiger partial charge on any atom is -0.497 e. The molecule has 0 heterocycles. The number of hydrogen-bond acceptors (Lipinski definition) is 3. The van der Waals surface area contributed by atoms with Crippen molar-refractivity contribution in [2.45, 2.75) is 19.6 Å².